The largest absolute Gasteiger partial charge is 0.495 e. The molecule has 3 rings (SSSR count). The van der Waals surface area contributed by atoms with E-state index in [1.807, 2.05) is 45.0 Å². The molecular formula is C23H30N4O3. The summed E-state index contributed by atoms with van der Waals surface area (Å²) >= 11 is 0. The molecule has 0 spiro atoms. The first-order valence-corrected chi connectivity index (χ1v) is 10.1. The molecule has 2 aromatic rings. The van der Waals surface area contributed by atoms with E-state index in [2.05, 4.69) is 15.5 Å². The predicted octanol–water partition coefficient (Wildman–Crippen LogP) is 3.58. The molecule has 1 heterocycles. The number of piperazine rings is 1. The highest BCUT2D eigenvalue weighted by Gasteiger charge is 2.23. The molecule has 30 heavy (non-hydrogen) atoms. The second kappa shape index (κ2) is 9.07. The van der Waals surface area contributed by atoms with E-state index in [1.165, 1.54) is 0 Å². The third kappa shape index (κ3) is 5.43. The topological polar surface area (TPSA) is 73.9 Å². The summed E-state index contributed by atoms with van der Waals surface area (Å²) in [5.41, 5.74) is 1.84. The second-order valence-corrected chi connectivity index (χ2v) is 8.36. The minimum absolute atomic E-state index is 0.163. The molecule has 0 atom stereocenters. The highest BCUT2D eigenvalue weighted by atomic mass is 16.5. The summed E-state index contributed by atoms with van der Waals surface area (Å²) in [5, 5.41) is 5.84. The maximum Gasteiger partial charge on any atom is 0.321 e. The zero-order valence-electron chi connectivity index (χ0n) is 18.1. The highest BCUT2D eigenvalue weighted by molar-refractivity contribution is 5.97. The molecule has 7 heteroatoms. The van der Waals surface area contributed by atoms with Crippen molar-refractivity contribution in [1.82, 2.24) is 10.2 Å². The van der Waals surface area contributed by atoms with E-state index in [0.29, 0.717) is 24.3 Å². The van der Waals surface area contributed by atoms with Crippen LogP contribution in [0.15, 0.2) is 48.5 Å². The number of anilines is 2. The number of para-hydroxylation sites is 2. The summed E-state index contributed by atoms with van der Waals surface area (Å²) in [7, 11) is 1.67. The Labute approximate surface area is 178 Å². The predicted molar refractivity (Wildman–Crippen MR) is 119 cm³/mol. The van der Waals surface area contributed by atoms with Crippen molar-refractivity contribution in [3.05, 3.63) is 54.1 Å². The Bertz CT molecular complexity index is 899. The lowest BCUT2D eigenvalue weighted by atomic mass is 10.1. The van der Waals surface area contributed by atoms with Gasteiger partial charge in [-0.3, -0.25) is 4.79 Å². The number of hydrogen-bond donors (Lipinski definition) is 2. The van der Waals surface area contributed by atoms with Gasteiger partial charge in [0.25, 0.3) is 5.91 Å². The molecule has 3 amide bonds. The van der Waals surface area contributed by atoms with Crippen LogP contribution in [-0.2, 0) is 0 Å². The van der Waals surface area contributed by atoms with Gasteiger partial charge in [0.05, 0.1) is 12.8 Å². The van der Waals surface area contributed by atoms with Crippen LogP contribution in [0.25, 0.3) is 0 Å². The van der Waals surface area contributed by atoms with Crippen molar-refractivity contribution in [2.24, 2.45) is 0 Å². The van der Waals surface area contributed by atoms with Crippen LogP contribution in [0.3, 0.4) is 0 Å². The Balaban J connectivity index is 1.59. The lowest BCUT2D eigenvalue weighted by Gasteiger charge is -2.36. The second-order valence-electron chi connectivity index (χ2n) is 8.36. The zero-order valence-corrected chi connectivity index (χ0v) is 18.1. The quantitative estimate of drug-likeness (QED) is 0.808. The Morgan fingerprint density at radius 3 is 2.33 bits per heavy atom. The minimum atomic E-state index is -0.322. The number of nitrogens with zero attached hydrogens (tertiary/aromatic N) is 2. The fourth-order valence-corrected chi connectivity index (χ4v) is 3.39. The van der Waals surface area contributed by atoms with Gasteiger partial charge in [0.1, 0.15) is 5.75 Å². The summed E-state index contributed by atoms with van der Waals surface area (Å²) in [6.45, 7) is 8.45. The van der Waals surface area contributed by atoms with Crippen molar-refractivity contribution in [2.45, 2.75) is 26.3 Å². The van der Waals surface area contributed by atoms with Gasteiger partial charge in [-0.2, -0.15) is 0 Å². The van der Waals surface area contributed by atoms with Crippen molar-refractivity contribution >= 4 is 23.3 Å². The average Bonchev–Trinajstić information content (AvgIpc) is 2.73. The molecule has 0 unspecified atom stereocenters. The first-order valence-electron chi connectivity index (χ1n) is 10.1. The number of rotatable bonds is 4. The normalized spacial score (nSPS) is 14.3. The Kier molecular flexibility index (Phi) is 6.50. The maximum absolute atomic E-state index is 12.7. The number of amides is 3. The van der Waals surface area contributed by atoms with Crippen molar-refractivity contribution in [3.8, 4) is 5.75 Å². The molecule has 0 saturated carbocycles. The van der Waals surface area contributed by atoms with Gasteiger partial charge in [-0.15, -0.1) is 0 Å². The van der Waals surface area contributed by atoms with E-state index < -0.39 is 0 Å². The van der Waals surface area contributed by atoms with Crippen LogP contribution in [0.2, 0.25) is 0 Å². The van der Waals surface area contributed by atoms with Crippen molar-refractivity contribution in [1.29, 1.82) is 0 Å². The van der Waals surface area contributed by atoms with Crippen LogP contribution in [0.4, 0.5) is 16.2 Å². The number of ether oxygens (including phenoxy) is 1. The molecule has 1 saturated heterocycles. The number of methoxy groups -OCH3 is 1. The van der Waals surface area contributed by atoms with Gasteiger partial charge in [0, 0.05) is 43.0 Å². The average molecular weight is 411 g/mol. The van der Waals surface area contributed by atoms with Crippen LogP contribution in [-0.4, -0.2) is 55.7 Å². The Hall–Kier alpha value is -3.22. The van der Waals surface area contributed by atoms with E-state index in [4.69, 9.17) is 4.74 Å². The van der Waals surface area contributed by atoms with E-state index in [9.17, 15) is 9.59 Å². The maximum atomic E-state index is 12.7. The first-order chi connectivity index (χ1) is 14.3. The smallest absolute Gasteiger partial charge is 0.321 e. The summed E-state index contributed by atoms with van der Waals surface area (Å²) in [6, 6.07) is 14.7. The fourth-order valence-electron chi connectivity index (χ4n) is 3.39. The van der Waals surface area contributed by atoms with Crippen LogP contribution < -0.4 is 20.3 Å². The monoisotopic (exact) mass is 410 g/mol. The van der Waals surface area contributed by atoms with E-state index >= 15 is 0 Å². The molecule has 0 bridgehead atoms. The van der Waals surface area contributed by atoms with Crippen molar-refractivity contribution in [2.75, 3.05) is 43.5 Å². The van der Waals surface area contributed by atoms with Crippen LogP contribution in [0.1, 0.15) is 31.1 Å². The lowest BCUT2D eigenvalue weighted by Crippen LogP contribution is -2.50. The van der Waals surface area contributed by atoms with Crippen LogP contribution >= 0.6 is 0 Å². The molecule has 0 radical (unpaired) electrons. The molecule has 0 aliphatic carbocycles. The van der Waals surface area contributed by atoms with E-state index in [0.717, 1.165) is 24.5 Å². The van der Waals surface area contributed by atoms with Crippen molar-refractivity contribution in [3.63, 3.8) is 0 Å². The number of urea groups is 1. The summed E-state index contributed by atoms with van der Waals surface area (Å²) in [6.07, 6.45) is 0. The molecule has 1 aliphatic rings. The standard InChI is InChI=1S/C23H30N4O3/c1-23(2,3)25-21(28)17-8-7-9-18(16-17)24-22(29)27-14-12-26(13-15-27)19-10-5-6-11-20(19)30-4/h5-11,16H,12-15H2,1-4H3,(H,24,29)(H,25,28). The summed E-state index contributed by atoms with van der Waals surface area (Å²) < 4.78 is 5.45. The number of benzene rings is 2. The summed E-state index contributed by atoms with van der Waals surface area (Å²) in [4.78, 5) is 29.1. The molecule has 7 nitrogen and oxygen atoms in total. The van der Waals surface area contributed by atoms with Gasteiger partial charge >= 0.3 is 6.03 Å². The van der Waals surface area contributed by atoms with Crippen molar-refractivity contribution < 1.29 is 14.3 Å². The third-order valence-corrected chi connectivity index (χ3v) is 4.86. The molecule has 160 valence electrons. The van der Waals surface area contributed by atoms with Gasteiger partial charge in [-0.05, 0) is 51.1 Å². The lowest BCUT2D eigenvalue weighted by molar-refractivity contribution is 0.0919. The van der Waals surface area contributed by atoms with Gasteiger partial charge < -0.3 is 25.2 Å². The Morgan fingerprint density at radius 1 is 0.967 bits per heavy atom. The number of carbonyl (C=O) groups excluding carboxylic acids is 2. The molecule has 2 N–H and O–H groups in total. The minimum Gasteiger partial charge on any atom is -0.495 e. The third-order valence-electron chi connectivity index (χ3n) is 4.86. The number of nitrogens with one attached hydrogen (secondary N) is 2. The van der Waals surface area contributed by atoms with Crippen LogP contribution in [0, 0.1) is 0 Å². The van der Waals surface area contributed by atoms with Gasteiger partial charge in [-0.25, -0.2) is 4.79 Å². The van der Waals surface area contributed by atoms with Crippen LogP contribution in [0.5, 0.6) is 5.75 Å². The summed E-state index contributed by atoms with van der Waals surface area (Å²) in [5.74, 6) is 0.671. The fraction of sp³-hybridized carbons (Fsp3) is 0.391. The number of hydrogen-bond acceptors (Lipinski definition) is 4. The molecule has 2 aromatic carbocycles. The molecule has 1 aliphatic heterocycles. The van der Waals surface area contributed by atoms with E-state index in [1.54, 1.807) is 36.3 Å². The van der Waals surface area contributed by atoms with Gasteiger partial charge in [-0.1, -0.05) is 18.2 Å². The SMILES string of the molecule is COc1ccccc1N1CCN(C(=O)Nc2cccc(C(=O)NC(C)(C)C)c2)CC1. The first kappa shape index (κ1) is 21.5. The van der Waals surface area contributed by atoms with Gasteiger partial charge in [0.2, 0.25) is 0 Å². The zero-order chi connectivity index (χ0) is 21.7. The molecular weight excluding hydrogens is 380 g/mol. The molecule has 1 fully saturated rings. The number of carbonyl (C=O) groups is 2. The highest BCUT2D eigenvalue weighted by Crippen LogP contribution is 2.28. The van der Waals surface area contributed by atoms with Gasteiger partial charge in [0.15, 0.2) is 0 Å². The molecule has 0 aromatic heterocycles. The Morgan fingerprint density at radius 2 is 1.67 bits per heavy atom. The van der Waals surface area contributed by atoms with E-state index in [-0.39, 0.29) is 17.5 Å².